The fraction of sp³-hybridized carbons (Fsp3) is 0.769. The minimum absolute atomic E-state index is 0.450. The van der Waals surface area contributed by atoms with Gasteiger partial charge in [-0.15, -0.1) is 0 Å². The first-order valence-corrected chi connectivity index (χ1v) is 7.16. The fourth-order valence-corrected chi connectivity index (χ4v) is 2.43. The third kappa shape index (κ3) is 4.37. The van der Waals surface area contributed by atoms with Gasteiger partial charge in [0.2, 0.25) is 0 Å². The van der Waals surface area contributed by atoms with Crippen LogP contribution >= 0.6 is 15.9 Å². The Kier molecular flexibility index (Phi) is 5.37. The molecule has 0 aliphatic carbocycles. The van der Waals surface area contributed by atoms with Crippen molar-refractivity contribution in [3.63, 3.8) is 0 Å². The van der Waals surface area contributed by atoms with Gasteiger partial charge in [-0.2, -0.15) is 5.10 Å². The molecule has 1 rings (SSSR count). The molecule has 5 heteroatoms. The van der Waals surface area contributed by atoms with Gasteiger partial charge in [0, 0.05) is 19.5 Å². The average molecular weight is 318 g/mol. The first-order valence-electron chi connectivity index (χ1n) is 6.36. The van der Waals surface area contributed by atoms with Crippen LogP contribution in [0.1, 0.15) is 38.6 Å². The van der Waals surface area contributed by atoms with Gasteiger partial charge in [-0.3, -0.25) is 4.68 Å². The van der Waals surface area contributed by atoms with Gasteiger partial charge in [0.1, 0.15) is 0 Å². The first kappa shape index (κ1) is 15.7. The molecule has 18 heavy (non-hydrogen) atoms. The molecule has 104 valence electrons. The average Bonchev–Trinajstić information content (AvgIpc) is 2.44. The quantitative estimate of drug-likeness (QED) is 0.845. The van der Waals surface area contributed by atoms with Crippen molar-refractivity contribution in [2.75, 3.05) is 6.54 Å². The number of aryl methyl sites for hydroxylation is 2. The monoisotopic (exact) mass is 317 g/mol. The SMILES string of the molecule is Cc1nn(C)c(CC(C)(O)CCNC(C)C)c1Br. The highest BCUT2D eigenvalue weighted by Crippen LogP contribution is 2.25. The van der Waals surface area contributed by atoms with E-state index in [1.807, 2.05) is 25.6 Å². The lowest BCUT2D eigenvalue weighted by Gasteiger charge is -2.24. The topological polar surface area (TPSA) is 50.1 Å². The van der Waals surface area contributed by atoms with Gasteiger partial charge in [-0.25, -0.2) is 0 Å². The van der Waals surface area contributed by atoms with E-state index >= 15 is 0 Å². The Morgan fingerprint density at radius 1 is 1.50 bits per heavy atom. The fourth-order valence-electron chi connectivity index (χ4n) is 1.95. The van der Waals surface area contributed by atoms with Crippen molar-refractivity contribution in [3.05, 3.63) is 15.9 Å². The van der Waals surface area contributed by atoms with E-state index in [0.29, 0.717) is 12.5 Å². The van der Waals surface area contributed by atoms with Crippen molar-refractivity contribution in [2.24, 2.45) is 7.05 Å². The second-order valence-electron chi connectivity index (χ2n) is 5.50. The third-order valence-electron chi connectivity index (χ3n) is 3.03. The van der Waals surface area contributed by atoms with Gasteiger partial charge < -0.3 is 10.4 Å². The number of hydrogen-bond donors (Lipinski definition) is 2. The number of rotatable bonds is 6. The van der Waals surface area contributed by atoms with Crippen LogP contribution in [0, 0.1) is 6.92 Å². The van der Waals surface area contributed by atoms with E-state index in [4.69, 9.17) is 0 Å². The summed E-state index contributed by atoms with van der Waals surface area (Å²) in [5.74, 6) is 0. The lowest BCUT2D eigenvalue weighted by molar-refractivity contribution is 0.0490. The van der Waals surface area contributed by atoms with Gasteiger partial charge in [0.25, 0.3) is 0 Å². The van der Waals surface area contributed by atoms with Gasteiger partial charge >= 0.3 is 0 Å². The van der Waals surface area contributed by atoms with Crippen LogP contribution in [-0.4, -0.2) is 33.1 Å². The Bertz CT molecular complexity index is 399. The van der Waals surface area contributed by atoms with E-state index in [2.05, 4.69) is 40.2 Å². The summed E-state index contributed by atoms with van der Waals surface area (Å²) >= 11 is 3.54. The molecule has 0 aromatic carbocycles. The van der Waals surface area contributed by atoms with E-state index in [1.54, 1.807) is 0 Å². The van der Waals surface area contributed by atoms with Crippen molar-refractivity contribution in [2.45, 2.75) is 52.2 Å². The Morgan fingerprint density at radius 2 is 2.11 bits per heavy atom. The highest BCUT2D eigenvalue weighted by atomic mass is 79.9. The molecule has 1 aromatic rings. The van der Waals surface area contributed by atoms with Gasteiger partial charge in [0.15, 0.2) is 0 Å². The molecule has 0 saturated heterocycles. The van der Waals surface area contributed by atoms with Crippen LogP contribution in [0.15, 0.2) is 4.47 Å². The van der Waals surface area contributed by atoms with Gasteiger partial charge in [0.05, 0.1) is 21.5 Å². The summed E-state index contributed by atoms with van der Waals surface area (Å²) in [7, 11) is 1.91. The molecule has 1 atom stereocenters. The predicted molar refractivity (Wildman–Crippen MR) is 77.7 cm³/mol. The molecular formula is C13H24BrN3O. The molecule has 0 saturated carbocycles. The predicted octanol–water partition coefficient (Wildman–Crippen LogP) is 2.17. The summed E-state index contributed by atoms with van der Waals surface area (Å²) in [6, 6.07) is 0.450. The third-order valence-corrected chi connectivity index (χ3v) is 4.06. The number of aromatic nitrogens is 2. The second kappa shape index (κ2) is 6.17. The summed E-state index contributed by atoms with van der Waals surface area (Å²) in [5.41, 5.74) is 1.29. The normalized spacial score (nSPS) is 15.1. The summed E-state index contributed by atoms with van der Waals surface area (Å²) in [6.07, 6.45) is 1.33. The molecular weight excluding hydrogens is 294 g/mol. The summed E-state index contributed by atoms with van der Waals surface area (Å²) in [6.45, 7) is 8.87. The molecule has 0 spiro atoms. The molecule has 1 unspecified atom stereocenters. The van der Waals surface area contributed by atoms with E-state index in [-0.39, 0.29) is 0 Å². The van der Waals surface area contributed by atoms with Crippen molar-refractivity contribution < 1.29 is 5.11 Å². The van der Waals surface area contributed by atoms with E-state index in [0.717, 1.165) is 28.8 Å². The van der Waals surface area contributed by atoms with Crippen LogP contribution in [0.4, 0.5) is 0 Å². The van der Waals surface area contributed by atoms with Crippen molar-refractivity contribution in [3.8, 4) is 0 Å². The van der Waals surface area contributed by atoms with Crippen molar-refractivity contribution in [1.82, 2.24) is 15.1 Å². The van der Waals surface area contributed by atoms with E-state index < -0.39 is 5.60 Å². The first-order chi connectivity index (χ1) is 8.23. The zero-order chi connectivity index (χ0) is 13.9. The molecule has 0 aliphatic rings. The van der Waals surface area contributed by atoms with E-state index in [9.17, 15) is 5.11 Å². The smallest absolute Gasteiger partial charge is 0.0738 e. The maximum atomic E-state index is 10.4. The standard InChI is InChI=1S/C13H24BrN3O/c1-9(2)15-7-6-13(4,18)8-11-12(14)10(3)16-17(11)5/h9,15,18H,6-8H2,1-5H3. The Balaban J connectivity index is 2.64. The molecule has 0 amide bonds. The van der Waals surface area contributed by atoms with Crippen LogP contribution in [0.2, 0.25) is 0 Å². The largest absolute Gasteiger partial charge is 0.390 e. The maximum Gasteiger partial charge on any atom is 0.0738 e. The summed E-state index contributed by atoms with van der Waals surface area (Å²) < 4.78 is 2.84. The lowest BCUT2D eigenvalue weighted by atomic mass is 9.96. The molecule has 4 nitrogen and oxygen atoms in total. The molecule has 1 aromatic heterocycles. The Hall–Kier alpha value is -0.390. The number of aliphatic hydroxyl groups is 1. The Labute approximate surface area is 118 Å². The minimum Gasteiger partial charge on any atom is -0.390 e. The minimum atomic E-state index is -0.718. The molecule has 0 aliphatic heterocycles. The van der Waals surface area contributed by atoms with Crippen LogP contribution in [-0.2, 0) is 13.5 Å². The maximum absolute atomic E-state index is 10.4. The van der Waals surface area contributed by atoms with Crippen LogP contribution in [0.25, 0.3) is 0 Å². The number of hydrogen-bond acceptors (Lipinski definition) is 3. The van der Waals surface area contributed by atoms with Crippen molar-refractivity contribution in [1.29, 1.82) is 0 Å². The molecule has 0 bridgehead atoms. The zero-order valence-electron chi connectivity index (χ0n) is 11.9. The highest BCUT2D eigenvalue weighted by molar-refractivity contribution is 9.10. The molecule has 2 N–H and O–H groups in total. The molecule has 0 fully saturated rings. The lowest BCUT2D eigenvalue weighted by Crippen LogP contribution is -2.35. The summed E-state index contributed by atoms with van der Waals surface area (Å²) in [5, 5.41) is 18.1. The van der Waals surface area contributed by atoms with Crippen molar-refractivity contribution >= 4 is 15.9 Å². The van der Waals surface area contributed by atoms with E-state index in [1.165, 1.54) is 0 Å². The highest BCUT2D eigenvalue weighted by Gasteiger charge is 2.24. The molecule has 1 heterocycles. The van der Waals surface area contributed by atoms with Crippen LogP contribution in [0.3, 0.4) is 0 Å². The zero-order valence-corrected chi connectivity index (χ0v) is 13.5. The summed E-state index contributed by atoms with van der Waals surface area (Å²) in [4.78, 5) is 0. The van der Waals surface area contributed by atoms with Gasteiger partial charge in [-0.1, -0.05) is 13.8 Å². The second-order valence-corrected chi connectivity index (χ2v) is 6.30. The number of nitrogens with one attached hydrogen (secondary N) is 1. The number of halogens is 1. The van der Waals surface area contributed by atoms with Crippen LogP contribution in [0.5, 0.6) is 0 Å². The number of nitrogens with zero attached hydrogens (tertiary/aromatic N) is 2. The van der Waals surface area contributed by atoms with Gasteiger partial charge in [-0.05, 0) is 42.7 Å². The molecule has 0 radical (unpaired) electrons. The Morgan fingerprint density at radius 3 is 2.56 bits per heavy atom. The van der Waals surface area contributed by atoms with Crippen LogP contribution < -0.4 is 5.32 Å².